The second kappa shape index (κ2) is 9.92. The van der Waals surface area contributed by atoms with Gasteiger partial charge in [0.15, 0.2) is 5.96 Å². The third-order valence-corrected chi connectivity index (χ3v) is 5.63. The van der Waals surface area contributed by atoms with E-state index in [1.807, 2.05) is 38.1 Å². The number of carbonyl (C=O) groups is 3. The normalized spacial score (nSPS) is 22.1. The molecule has 0 aromatic heterocycles. The second-order valence-corrected chi connectivity index (χ2v) is 8.22. The number of nitrogens with zero attached hydrogens (tertiary/aromatic N) is 2. The Morgan fingerprint density at radius 3 is 2.24 bits per heavy atom. The Labute approximate surface area is 196 Å². The molecule has 3 atom stereocenters. The number of urea groups is 1. The van der Waals surface area contributed by atoms with Gasteiger partial charge in [-0.05, 0) is 38.1 Å². The van der Waals surface area contributed by atoms with E-state index in [1.54, 1.807) is 24.3 Å². The Hall–Kier alpha value is -3.92. The highest BCUT2D eigenvalue weighted by Gasteiger charge is 2.43. The number of nitrogens with two attached hydrogens (primary N) is 1. The molecule has 0 spiro atoms. The molecule has 0 radical (unpaired) electrons. The third-order valence-electron chi connectivity index (χ3n) is 5.63. The molecule has 0 unspecified atom stereocenters. The Balaban J connectivity index is 1.46. The minimum Gasteiger partial charge on any atom is -0.459 e. The van der Waals surface area contributed by atoms with Crippen molar-refractivity contribution in [1.29, 1.82) is 0 Å². The molecule has 2 aliphatic heterocycles. The van der Waals surface area contributed by atoms with E-state index in [-0.39, 0.29) is 25.7 Å². The molecule has 10 nitrogen and oxygen atoms in total. The predicted molar refractivity (Wildman–Crippen MR) is 122 cm³/mol. The first kappa shape index (κ1) is 23.2. The van der Waals surface area contributed by atoms with Crippen LogP contribution in [0.1, 0.15) is 38.3 Å². The molecule has 4 rings (SSSR count). The summed E-state index contributed by atoms with van der Waals surface area (Å²) in [7, 11) is 0. The van der Waals surface area contributed by atoms with Crippen LogP contribution in [-0.2, 0) is 14.2 Å². The molecular formula is C24H26N4O6. The van der Waals surface area contributed by atoms with Gasteiger partial charge in [-0.1, -0.05) is 35.4 Å². The van der Waals surface area contributed by atoms with Crippen LogP contribution in [0.5, 0.6) is 0 Å². The molecule has 3 N–H and O–H groups in total. The Bertz CT molecular complexity index is 1100. The van der Waals surface area contributed by atoms with E-state index < -0.39 is 36.4 Å². The lowest BCUT2D eigenvalue weighted by Crippen LogP contribution is -2.52. The average Bonchev–Trinajstić information content (AvgIpc) is 3.20. The van der Waals surface area contributed by atoms with E-state index >= 15 is 0 Å². The predicted octanol–water partition coefficient (Wildman–Crippen LogP) is 2.10. The molecule has 2 aromatic rings. The summed E-state index contributed by atoms with van der Waals surface area (Å²) in [4.78, 5) is 42.5. The van der Waals surface area contributed by atoms with Crippen molar-refractivity contribution < 1.29 is 28.6 Å². The lowest BCUT2D eigenvalue weighted by molar-refractivity contribution is -0.0720. The SMILES string of the molecule is Cc1ccc(C(=O)OC[C@H]2O[C@H](N3CNC(N)=NC3=O)C[C@H]2OC(=O)c2ccc(C)cc2)cc1. The van der Waals surface area contributed by atoms with E-state index in [0.717, 1.165) is 11.1 Å². The van der Waals surface area contributed by atoms with Crippen LogP contribution in [0, 0.1) is 13.8 Å². The van der Waals surface area contributed by atoms with Crippen LogP contribution < -0.4 is 11.1 Å². The Kier molecular flexibility index (Phi) is 6.78. The average molecular weight is 466 g/mol. The standard InChI is InChI=1S/C24H26N4O6/c1-14-3-7-16(8-4-14)21(29)32-12-19-18(34-22(30)17-9-5-15(2)6-10-17)11-20(33-19)28-13-26-23(25)27-24(28)31/h3-10,18-20H,11-13H2,1-2H3,(H3,25,26,27,31)/t18-,19-,20+/m1/s1. The van der Waals surface area contributed by atoms with E-state index in [4.69, 9.17) is 19.9 Å². The van der Waals surface area contributed by atoms with Gasteiger partial charge in [0.25, 0.3) is 0 Å². The van der Waals surface area contributed by atoms with E-state index in [2.05, 4.69) is 10.3 Å². The first-order valence-electron chi connectivity index (χ1n) is 10.9. The zero-order chi connectivity index (χ0) is 24.2. The van der Waals surface area contributed by atoms with Crippen LogP contribution in [0.4, 0.5) is 4.79 Å². The maximum atomic E-state index is 12.7. The van der Waals surface area contributed by atoms with Crippen LogP contribution in [0.15, 0.2) is 53.5 Å². The number of carbonyl (C=O) groups excluding carboxylic acids is 3. The number of guanidine groups is 1. The fourth-order valence-electron chi connectivity index (χ4n) is 3.66. The number of aryl methyl sites for hydroxylation is 2. The number of aliphatic imine (C=N–C) groups is 1. The van der Waals surface area contributed by atoms with E-state index in [9.17, 15) is 14.4 Å². The van der Waals surface area contributed by atoms with Gasteiger partial charge in [-0.2, -0.15) is 4.99 Å². The number of hydrogen-bond donors (Lipinski definition) is 2. The highest BCUT2D eigenvalue weighted by atomic mass is 16.6. The van der Waals surface area contributed by atoms with Gasteiger partial charge in [0.2, 0.25) is 0 Å². The molecule has 2 heterocycles. The van der Waals surface area contributed by atoms with Crippen molar-refractivity contribution in [2.24, 2.45) is 10.7 Å². The maximum absolute atomic E-state index is 12.7. The van der Waals surface area contributed by atoms with Crippen molar-refractivity contribution in [3.05, 3.63) is 70.8 Å². The smallest absolute Gasteiger partial charge is 0.350 e. The minimum absolute atomic E-state index is 0.0187. The molecule has 1 fully saturated rings. The van der Waals surface area contributed by atoms with Crippen LogP contribution >= 0.6 is 0 Å². The number of ether oxygens (including phenoxy) is 3. The van der Waals surface area contributed by atoms with Gasteiger partial charge in [-0.15, -0.1) is 0 Å². The molecule has 34 heavy (non-hydrogen) atoms. The first-order valence-corrected chi connectivity index (χ1v) is 10.9. The van der Waals surface area contributed by atoms with Gasteiger partial charge in [0.05, 0.1) is 17.8 Å². The molecule has 0 saturated carbocycles. The Morgan fingerprint density at radius 2 is 1.65 bits per heavy atom. The summed E-state index contributed by atoms with van der Waals surface area (Å²) in [6.07, 6.45) is -2.08. The van der Waals surface area contributed by atoms with Crippen molar-refractivity contribution in [2.75, 3.05) is 13.3 Å². The lowest BCUT2D eigenvalue weighted by Gasteiger charge is -2.29. The third kappa shape index (κ3) is 5.34. The quantitative estimate of drug-likeness (QED) is 0.619. The fraction of sp³-hybridized carbons (Fsp3) is 0.333. The van der Waals surface area contributed by atoms with Gasteiger partial charge in [0, 0.05) is 6.42 Å². The van der Waals surface area contributed by atoms with Gasteiger partial charge in [-0.25, -0.2) is 14.4 Å². The van der Waals surface area contributed by atoms with E-state index in [1.165, 1.54) is 4.90 Å². The first-order chi connectivity index (χ1) is 16.3. The van der Waals surface area contributed by atoms with Crippen LogP contribution in [0.25, 0.3) is 0 Å². The van der Waals surface area contributed by atoms with Gasteiger partial charge in [-0.3, -0.25) is 4.90 Å². The largest absolute Gasteiger partial charge is 0.459 e. The number of amides is 2. The molecule has 0 bridgehead atoms. The molecule has 178 valence electrons. The zero-order valence-corrected chi connectivity index (χ0v) is 18.9. The molecule has 0 aliphatic carbocycles. The molecule has 2 amide bonds. The van der Waals surface area contributed by atoms with Crippen molar-refractivity contribution in [1.82, 2.24) is 10.2 Å². The highest BCUT2D eigenvalue weighted by Crippen LogP contribution is 2.28. The lowest BCUT2D eigenvalue weighted by atomic mass is 10.1. The van der Waals surface area contributed by atoms with Crippen LogP contribution in [0.2, 0.25) is 0 Å². The zero-order valence-electron chi connectivity index (χ0n) is 18.9. The topological polar surface area (TPSA) is 133 Å². The van der Waals surface area contributed by atoms with Crippen LogP contribution in [0.3, 0.4) is 0 Å². The van der Waals surface area contributed by atoms with Crippen LogP contribution in [-0.4, -0.2) is 60.5 Å². The summed E-state index contributed by atoms with van der Waals surface area (Å²) in [6.45, 7) is 3.77. The van der Waals surface area contributed by atoms with E-state index in [0.29, 0.717) is 11.1 Å². The number of nitrogens with one attached hydrogen (secondary N) is 1. The van der Waals surface area contributed by atoms with Crippen molar-refractivity contribution in [3.63, 3.8) is 0 Å². The number of benzene rings is 2. The monoisotopic (exact) mass is 466 g/mol. The second-order valence-electron chi connectivity index (χ2n) is 8.22. The summed E-state index contributed by atoms with van der Waals surface area (Å²) in [6, 6.07) is 13.4. The summed E-state index contributed by atoms with van der Waals surface area (Å²) in [5, 5.41) is 2.78. The van der Waals surface area contributed by atoms with Gasteiger partial charge < -0.3 is 25.3 Å². The minimum atomic E-state index is -0.773. The van der Waals surface area contributed by atoms with Gasteiger partial charge in [0.1, 0.15) is 25.0 Å². The van der Waals surface area contributed by atoms with Crippen molar-refractivity contribution in [2.45, 2.75) is 38.7 Å². The molecule has 10 heteroatoms. The number of hydrogen-bond acceptors (Lipinski definition) is 8. The fourth-order valence-corrected chi connectivity index (χ4v) is 3.66. The van der Waals surface area contributed by atoms with Gasteiger partial charge >= 0.3 is 18.0 Å². The summed E-state index contributed by atoms with van der Waals surface area (Å²) in [5.74, 6) is -1.04. The summed E-state index contributed by atoms with van der Waals surface area (Å²) >= 11 is 0. The number of rotatable bonds is 6. The highest BCUT2D eigenvalue weighted by molar-refractivity contribution is 5.93. The van der Waals surface area contributed by atoms with Crippen molar-refractivity contribution in [3.8, 4) is 0 Å². The molecular weight excluding hydrogens is 440 g/mol. The van der Waals surface area contributed by atoms with Crippen molar-refractivity contribution >= 4 is 23.9 Å². The molecule has 2 aromatic carbocycles. The summed E-state index contributed by atoms with van der Waals surface area (Å²) in [5.41, 5.74) is 8.36. The molecule has 2 aliphatic rings. The summed E-state index contributed by atoms with van der Waals surface area (Å²) < 4.78 is 17.1. The number of esters is 2. The Morgan fingerprint density at radius 1 is 1.06 bits per heavy atom. The maximum Gasteiger partial charge on any atom is 0.350 e. The molecule has 1 saturated heterocycles.